The Hall–Kier alpha value is -2.55. The van der Waals surface area contributed by atoms with Crippen molar-refractivity contribution < 1.29 is 14.0 Å². The van der Waals surface area contributed by atoms with Gasteiger partial charge in [0.25, 0.3) is 0 Å². The molecule has 2 amide bonds. The van der Waals surface area contributed by atoms with Crippen LogP contribution in [0.5, 0.6) is 0 Å². The van der Waals surface area contributed by atoms with E-state index in [0.717, 1.165) is 0 Å². The Balaban J connectivity index is 2.32. The maximum Gasteiger partial charge on any atom is 0.345 e. The molecule has 0 saturated carbocycles. The highest BCUT2D eigenvalue weighted by atomic mass is 16.3. The number of hydrogen-bond donors (Lipinski definition) is 1. The quantitative estimate of drug-likeness (QED) is 0.791. The van der Waals surface area contributed by atoms with Gasteiger partial charge in [-0.1, -0.05) is 6.92 Å². The third kappa shape index (κ3) is 1.90. The summed E-state index contributed by atoms with van der Waals surface area (Å²) in [5.41, 5.74) is 0.783. The summed E-state index contributed by atoms with van der Waals surface area (Å²) in [7, 11) is 0. The van der Waals surface area contributed by atoms with Gasteiger partial charge in [0.05, 0.1) is 5.56 Å². The Kier molecular flexibility index (Phi) is 2.66. The van der Waals surface area contributed by atoms with E-state index in [0.29, 0.717) is 12.1 Å². The number of ketones is 1. The van der Waals surface area contributed by atoms with Crippen LogP contribution in [0.15, 0.2) is 28.1 Å². The number of hydrogen-bond acceptors (Lipinski definition) is 4. The van der Waals surface area contributed by atoms with Crippen LogP contribution in [-0.2, 0) is 0 Å². The summed E-state index contributed by atoms with van der Waals surface area (Å²) in [5.74, 6) is -0.380. The Bertz CT molecular complexity index is 563. The standard InChI is InChI=1S/C11H8N3O3/c1-2-8-9(14-11(16)13-8)10(15)6-3-7(4-12)17-5-6/h3,5H,2H2,1H3,(H,13,16). The molecule has 1 N–H and O–H groups in total. The van der Waals surface area contributed by atoms with Crippen molar-refractivity contribution in [1.82, 2.24) is 10.6 Å². The van der Waals surface area contributed by atoms with Crippen LogP contribution >= 0.6 is 0 Å². The van der Waals surface area contributed by atoms with Crippen LogP contribution in [0.2, 0.25) is 0 Å². The summed E-state index contributed by atoms with van der Waals surface area (Å²) in [6.45, 7) is 1.81. The van der Waals surface area contributed by atoms with Crippen molar-refractivity contribution >= 4 is 11.8 Å². The van der Waals surface area contributed by atoms with E-state index in [2.05, 4.69) is 10.6 Å². The molecule has 85 valence electrons. The van der Waals surface area contributed by atoms with Crippen molar-refractivity contribution in [1.29, 1.82) is 5.26 Å². The minimum absolute atomic E-state index is 0.0456. The summed E-state index contributed by atoms with van der Waals surface area (Å²) in [4.78, 5) is 23.1. The summed E-state index contributed by atoms with van der Waals surface area (Å²) >= 11 is 0. The molecule has 6 heteroatoms. The Labute approximate surface area is 96.9 Å². The number of Topliss-reactive ketones (excluding diaryl/α,β-unsaturated/α-hetero) is 1. The lowest BCUT2D eigenvalue weighted by Gasteiger charge is -1.98. The van der Waals surface area contributed by atoms with E-state index in [1.54, 1.807) is 13.0 Å². The molecule has 0 spiro atoms. The molecule has 17 heavy (non-hydrogen) atoms. The molecule has 2 heterocycles. The second kappa shape index (κ2) is 4.14. The zero-order chi connectivity index (χ0) is 12.4. The number of nitriles is 1. The first kappa shape index (κ1) is 11.0. The van der Waals surface area contributed by atoms with E-state index in [1.165, 1.54) is 12.3 Å². The fraction of sp³-hybridized carbons (Fsp3) is 0.182. The molecule has 0 fully saturated rings. The maximum absolute atomic E-state index is 12.0. The molecule has 0 aromatic carbocycles. The van der Waals surface area contributed by atoms with E-state index in [9.17, 15) is 9.59 Å². The molecular formula is C11H8N3O3. The molecule has 0 bridgehead atoms. The summed E-state index contributed by atoms with van der Waals surface area (Å²) in [6, 6.07) is 2.55. The number of nitrogens with one attached hydrogen (secondary N) is 1. The molecule has 1 aliphatic rings. The highest BCUT2D eigenvalue weighted by molar-refractivity contribution is 6.12. The largest absolute Gasteiger partial charge is 0.453 e. The van der Waals surface area contributed by atoms with E-state index >= 15 is 0 Å². The second-order valence-electron chi connectivity index (χ2n) is 3.36. The van der Waals surface area contributed by atoms with Crippen molar-refractivity contribution in [3.05, 3.63) is 35.0 Å². The third-order valence-electron chi connectivity index (χ3n) is 2.30. The van der Waals surface area contributed by atoms with Gasteiger partial charge in [0.2, 0.25) is 11.5 Å². The Morgan fingerprint density at radius 3 is 3.00 bits per heavy atom. The smallest absolute Gasteiger partial charge is 0.345 e. The SMILES string of the molecule is CCC1=C(C(=O)c2coc(C#N)c2)[N]C(=O)N1. The monoisotopic (exact) mass is 230 g/mol. The van der Waals surface area contributed by atoms with Gasteiger partial charge in [0, 0.05) is 11.8 Å². The molecule has 0 saturated heterocycles. The first-order chi connectivity index (χ1) is 8.15. The molecule has 1 radical (unpaired) electrons. The number of amides is 2. The van der Waals surface area contributed by atoms with E-state index in [1.807, 2.05) is 0 Å². The number of allylic oxidation sites excluding steroid dienone is 2. The highest BCUT2D eigenvalue weighted by Crippen LogP contribution is 2.18. The number of furan rings is 1. The minimum Gasteiger partial charge on any atom is -0.453 e. The number of nitrogens with zero attached hydrogens (tertiary/aromatic N) is 2. The van der Waals surface area contributed by atoms with Crippen LogP contribution in [0.4, 0.5) is 4.79 Å². The first-order valence-corrected chi connectivity index (χ1v) is 4.95. The van der Waals surface area contributed by atoms with Crippen LogP contribution in [0, 0.1) is 11.3 Å². The van der Waals surface area contributed by atoms with Crippen molar-refractivity contribution in [2.45, 2.75) is 13.3 Å². The van der Waals surface area contributed by atoms with Crippen LogP contribution < -0.4 is 10.6 Å². The van der Waals surface area contributed by atoms with Gasteiger partial charge in [-0.25, -0.2) is 4.79 Å². The number of carbonyl (C=O) groups is 2. The number of carbonyl (C=O) groups excluding carboxylic acids is 2. The minimum atomic E-state index is -0.547. The van der Waals surface area contributed by atoms with Gasteiger partial charge in [-0.15, -0.1) is 0 Å². The molecule has 2 rings (SSSR count). The highest BCUT2D eigenvalue weighted by Gasteiger charge is 2.28. The van der Waals surface area contributed by atoms with Gasteiger partial charge < -0.3 is 9.73 Å². The van der Waals surface area contributed by atoms with Gasteiger partial charge in [-0.2, -0.15) is 10.6 Å². The maximum atomic E-state index is 12.0. The topological polar surface area (TPSA) is 97.2 Å². The molecule has 1 aromatic rings. The van der Waals surface area contributed by atoms with Crippen LogP contribution in [-0.4, -0.2) is 11.8 Å². The van der Waals surface area contributed by atoms with Crippen LogP contribution in [0.25, 0.3) is 0 Å². The zero-order valence-corrected chi connectivity index (χ0v) is 8.98. The molecule has 0 atom stereocenters. The van der Waals surface area contributed by atoms with Crippen LogP contribution in [0.3, 0.4) is 0 Å². The lowest BCUT2D eigenvalue weighted by molar-refractivity contribution is 0.102. The molecule has 6 nitrogen and oxygen atoms in total. The molecule has 0 aliphatic carbocycles. The van der Waals surface area contributed by atoms with Crippen molar-refractivity contribution in [2.24, 2.45) is 0 Å². The molecule has 1 aromatic heterocycles. The lowest BCUT2D eigenvalue weighted by atomic mass is 10.1. The average Bonchev–Trinajstić information content (AvgIpc) is 2.93. The van der Waals surface area contributed by atoms with Crippen molar-refractivity contribution in [3.8, 4) is 6.07 Å². The average molecular weight is 230 g/mol. The molecule has 0 unspecified atom stereocenters. The molecular weight excluding hydrogens is 222 g/mol. The van der Waals surface area contributed by atoms with E-state index in [4.69, 9.17) is 9.68 Å². The summed E-state index contributed by atoms with van der Waals surface area (Å²) in [5, 5.41) is 14.7. The predicted octanol–water partition coefficient (Wildman–Crippen LogP) is 1.28. The van der Waals surface area contributed by atoms with Crippen LogP contribution in [0.1, 0.15) is 29.5 Å². The van der Waals surface area contributed by atoms with Gasteiger partial charge in [-0.05, 0) is 6.42 Å². The third-order valence-corrected chi connectivity index (χ3v) is 2.30. The first-order valence-electron chi connectivity index (χ1n) is 4.95. The van der Waals surface area contributed by atoms with Gasteiger partial charge in [0.15, 0.2) is 0 Å². The number of rotatable bonds is 3. The van der Waals surface area contributed by atoms with Gasteiger partial charge in [-0.3, -0.25) is 4.79 Å². The zero-order valence-electron chi connectivity index (χ0n) is 8.98. The van der Waals surface area contributed by atoms with Gasteiger partial charge >= 0.3 is 6.03 Å². The number of urea groups is 1. The lowest BCUT2D eigenvalue weighted by Crippen LogP contribution is -2.19. The summed E-state index contributed by atoms with van der Waals surface area (Å²) < 4.78 is 4.84. The summed E-state index contributed by atoms with van der Waals surface area (Å²) in [6.07, 6.45) is 1.68. The fourth-order valence-corrected chi connectivity index (χ4v) is 1.48. The van der Waals surface area contributed by atoms with E-state index in [-0.39, 0.29) is 17.0 Å². The Morgan fingerprint density at radius 1 is 1.65 bits per heavy atom. The predicted molar refractivity (Wildman–Crippen MR) is 55.7 cm³/mol. The van der Waals surface area contributed by atoms with Crippen molar-refractivity contribution in [3.63, 3.8) is 0 Å². The fourth-order valence-electron chi connectivity index (χ4n) is 1.48. The van der Waals surface area contributed by atoms with Gasteiger partial charge in [0.1, 0.15) is 18.0 Å². The van der Waals surface area contributed by atoms with E-state index < -0.39 is 11.8 Å². The second-order valence-corrected chi connectivity index (χ2v) is 3.36. The molecule has 1 aliphatic heterocycles. The van der Waals surface area contributed by atoms with Crippen molar-refractivity contribution in [2.75, 3.05) is 0 Å². The Morgan fingerprint density at radius 2 is 2.41 bits per heavy atom. The normalized spacial score (nSPS) is 14.2.